The second-order valence-electron chi connectivity index (χ2n) is 6.39. The molecular weight excluding hydrogens is 306 g/mol. The predicted molar refractivity (Wildman–Crippen MR) is 97.0 cm³/mol. The summed E-state index contributed by atoms with van der Waals surface area (Å²) in [7, 11) is 0. The molecular formula is C18H19N3OS. The number of thiazole rings is 1. The number of benzene rings is 2. The highest BCUT2D eigenvalue weighted by Crippen LogP contribution is 2.30. The van der Waals surface area contributed by atoms with E-state index in [1.165, 1.54) is 4.70 Å². The van der Waals surface area contributed by atoms with E-state index in [1.54, 1.807) is 11.3 Å². The molecule has 0 aliphatic heterocycles. The molecule has 0 atom stereocenters. The van der Waals surface area contributed by atoms with Gasteiger partial charge in [-0.25, -0.2) is 9.78 Å². The van der Waals surface area contributed by atoms with Crippen molar-refractivity contribution in [3.8, 4) is 10.6 Å². The van der Waals surface area contributed by atoms with Gasteiger partial charge in [0.1, 0.15) is 5.01 Å². The molecule has 5 heteroatoms. The molecule has 0 fully saturated rings. The van der Waals surface area contributed by atoms with Gasteiger partial charge in [-0.1, -0.05) is 12.1 Å². The molecule has 0 bridgehead atoms. The Bertz CT molecular complexity index is 798. The predicted octanol–water partition coefficient (Wildman–Crippen LogP) is 4.88. The number of urea groups is 1. The fraction of sp³-hybridized carbons (Fsp3) is 0.222. The Morgan fingerprint density at radius 3 is 2.39 bits per heavy atom. The molecule has 3 rings (SSSR count). The first-order valence-electron chi connectivity index (χ1n) is 7.46. The normalized spacial score (nSPS) is 11.4. The zero-order valence-corrected chi connectivity index (χ0v) is 14.2. The van der Waals surface area contributed by atoms with Gasteiger partial charge in [-0.3, -0.25) is 0 Å². The lowest BCUT2D eigenvalue weighted by atomic mass is 10.1. The third-order valence-electron chi connectivity index (χ3n) is 3.17. The number of carbonyl (C=O) groups excluding carboxylic acids is 1. The molecule has 2 N–H and O–H groups in total. The Morgan fingerprint density at radius 2 is 1.74 bits per heavy atom. The van der Waals surface area contributed by atoms with Crippen molar-refractivity contribution < 1.29 is 4.79 Å². The van der Waals surface area contributed by atoms with Crippen LogP contribution in [0, 0.1) is 0 Å². The summed E-state index contributed by atoms with van der Waals surface area (Å²) < 4.78 is 1.18. The van der Waals surface area contributed by atoms with Gasteiger partial charge in [0, 0.05) is 16.8 Å². The number of carbonyl (C=O) groups is 1. The van der Waals surface area contributed by atoms with Crippen molar-refractivity contribution in [2.45, 2.75) is 26.3 Å². The largest absolute Gasteiger partial charge is 0.333 e. The number of fused-ring (bicyclic) bond motifs is 1. The molecule has 2 amide bonds. The van der Waals surface area contributed by atoms with Gasteiger partial charge >= 0.3 is 6.03 Å². The molecule has 4 nitrogen and oxygen atoms in total. The second-order valence-corrected chi connectivity index (χ2v) is 7.42. The van der Waals surface area contributed by atoms with Crippen LogP contribution < -0.4 is 10.6 Å². The highest BCUT2D eigenvalue weighted by atomic mass is 32.1. The summed E-state index contributed by atoms with van der Waals surface area (Å²) in [5.74, 6) is 0. The van der Waals surface area contributed by atoms with Gasteiger partial charge in [-0.2, -0.15) is 0 Å². The van der Waals surface area contributed by atoms with E-state index in [0.29, 0.717) is 0 Å². The lowest BCUT2D eigenvalue weighted by Crippen LogP contribution is -2.43. The number of para-hydroxylation sites is 1. The van der Waals surface area contributed by atoms with Gasteiger partial charge in [0.15, 0.2) is 0 Å². The van der Waals surface area contributed by atoms with Gasteiger partial charge < -0.3 is 10.6 Å². The standard InChI is InChI=1S/C18H19N3OS/c1-18(2,3)21-17(22)19-13-10-8-12(9-11-13)16-20-14-6-4-5-7-15(14)23-16/h4-11H,1-3H3,(H2,19,21,22). The van der Waals surface area contributed by atoms with E-state index in [2.05, 4.69) is 21.7 Å². The van der Waals surface area contributed by atoms with Crippen LogP contribution in [0.1, 0.15) is 20.8 Å². The molecule has 1 aromatic heterocycles. The number of nitrogens with zero attached hydrogens (tertiary/aromatic N) is 1. The summed E-state index contributed by atoms with van der Waals surface area (Å²) in [6, 6.07) is 15.6. The minimum Gasteiger partial charge on any atom is -0.333 e. The Balaban J connectivity index is 1.75. The van der Waals surface area contributed by atoms with Crippen LogP contribution in [0.15, 0.2) is 48.5 Å². The summed E-state index contributed by atoms with van der Waals surface area (Å²) in [5, 5.41) is 6.69. The number of amides is 2. The van der Waals surface area contributed by atoms with Crippen molar-refractivity contribution in [1.29, 1.82) is 0 Å². The van der Waals surface area contributed by atoms with E-state index in [4.69, 9.17) is 0 Å². The van der Waals surface area contributed by atoms with Gasteiger partial charge in [-0.15, -0.1) is 11.3 Å². The van der Waals surface area contributed by atoms with Gasteiger partial charge in [0.25, 0.3) is 0 Å². The van der Waals surface area contributed by atoms with Crippen LogP contribution in [-0.4, -0.2) is 16.6 Å². The summed E-state index contributed by atoms with van der Waals surface area (Å²) in [6.45, 7) is 5.84. The van der Waals surface area contributed by atoms with E-state index in [1.807, 2.05) is 63.2 Å². The molecule has 2 aromatic carbocycles. The lowest BCUT2D eigenvalue weighted by molar-refractivity contribution is 0.244. The number of rotatable bonds is 2. The average molecular weight is 325 g/mol. The first-order valence-corrected chi connectivity index (χ1v) is 8.27. The molecule has 23 heavy (non-hydrogen) atoms. The van der Waals surface area contributed by atoms with Crippen LogP contribution in [0.4, 0.5) is 10.5 Å². The molecule has 0 saturated carbocycles. The maximum atomic E-state index is 11.9. The second kappa shape index (κ2) is 6.01. The van der Waals surface area contributed by atoms with Crippen molar-refractivity contribution in [2.24, 2.45) is 0 Å². The summed E-state index contributed by atoms with van der Waals surface area (Å²) >= 11 is 1.67. The third-order valence-corrected chi connectivity index (χ3v) is 4.26. The topological polar surface area (TPSA) is 54.0 Å². The van der Waals surface area contributed by atoms with Crippen LogP contribution >= 0.6 is 11.3 Å². The number of hydrogen-bond donors (Lipinski definition) is 2. The summed E-state index contributed by atoms with van der Waals surface area (Å²) in [5.41, 5.74) is 2.56. The molecule has 0 saturated heterocycles. The first kappa shape index (κ1) is 15.5. The van der Waals surface area contributed by atoms with E-state index in [0.717, 1.165) is 21.8 Å². The number of nitrogens with one attached hydrogen (secondary N) is 2. The molecule has 0 aliphatic carbocycles. The minimum absolute atomic E-state index is 0.203. The lowest BCUT2D eigenvalue weighted by Gasteiger charge is -2.20. The van der Waals surface area contributed by atoms with Crippen molar-refractivity contribution in [3.05, 3.63) is 48.5 Å². The first-order chi connectivity index (χ1) is 10.9. The van der Waals surface area contributed by atoms with Gasteiger partial charge in [0.2, 0.25) is 0 Å². The number of aromatic nitrogens is 1. The van der Waals surface area contributed by atoms with Gasteiger partial charge in [0.05, 0.1) is 10.2 Å². The number of anilines is 1. The van der Waals surface area contributed by atoms with Crippen LogP contribution in [-0.2, 0) is 0 Å². The fourth-order valence-electron chi connectivity index (χ4n) is 2.19. The molecule has 0 spiro atoms. The molecule has 0 aliphatic rings. The Labute approximate surface area is 139 Å². The zero-order valence-electron chi connectivity index (χ0n) is 13.4. The Kier molecular flexibility index (Phi) is 4.05. The van der Waals surface area contributed by atoms with Crippen LogP contribution in [0.2, 0.25) is 0 Å². The van der Waals surface area contributed by atoms with Crippen molar-refractivity contribution in [3.63, 3.8) is 0 Å². The van der Waals surface area contributed by atoms with E-state index in [-0.39, 0.29) is 11.6 Å². The third kappa shape index (κ3) is 3.87. The highest BCUT2D eigenvalue weighted by molar-refractivity contribution is 7.21. The van der Waals surface area contributed by atoms with Crippen molar-refractivity contribution >= 4 is 33.3 Å². The van der Waals surface area contributed by atoms with E-state index < -0.39 is 0 Å². The number of hydrogen-bond acceptors (Lipinski definition) is 3. The highest BCUT2D eigenvalue weighted by Gasteiger charge is 2.13. The zero-order chi connectivity index (χ0) is 16.4. The summed E-state index contributed by atoms with van der Waals surface area (Å²) in [4.78, 5) is 16.5. The smallest absolute Gasteiger partial charge is 0.319 e. The van der Waals surface area contributed by atoms with Crippen molar-refractivity contribution in [1.82, 2.24) is 10.3 Å². The molecule has 3 aromatic rings. The summed E-state index contributed by atoms with van der Waals surface area (Å²) in [6.07, 6.45) is 0. The van der Waals surface area contributed by atoms with Crippen molar-refractivity contribution in [2.75, 3.05) is 5.32 Å². The SMILES string of the molecule is CC(C)(C)NC(=O)Nc1ccc(-c2nc3ccccc3s2)cc1. The maximum absolute atomic E-state index is 11.9. The molecule has 1 heterocycles. The minimum atomic E-state index is -0.259. The van der Waals surface area contributed by atoms with E-state index >= 15 is 0 Å². The monoisotopic (exact) mass is 325 g/mol. The van der Waals surface area contributed by atoms with Crippen LogP contribution in [0.3, 0.4) is 0 Å². The molecule has 118 valence electrons. The Morgan fingerprint density at radius 1 is 1.04 bits per heavy atom. The van der Waals surface area contributed by atoms with Gasteiger partial charge in [-0.05, 0) is 57.2 Å². The maximum Gasteiger partial charge on any atom is 0.319 e. The van der Waals surface area contributed by atoms with E-state index in [9.17, 15) is 4.79 Å². The molecule has 0 radical (unpaired) electrons. The molecule has 0 unspecified atom stereocenters. The Hall–Kier alpha value is -2.40. The van der Waals surface area contributed by atoms with Crippen LogP contribution in [0.25, 0.3) is 20.8 Å². The quantitative estimate of drug-likeness (QED) is 0.705. The fourth-order valence-corrected chi connectivity index (χ4v) is 3.17. The van der Waals surface area contributed by atoms with Crippen LogP contribution in [0.5, 0.6) is 0 Å². The average Bonchev–Trinajstić information content (AvgIpc) is 2.89.